The molecule has 0 aromatic heterocycles. The summed E-state index contributed by atoms with van der Waals surface area (Å²) in [5.74, 6) is 0.531. The van der Waals surface area contributed by atoms with Crippen LogP contribution in [0.4, 0.5) is 0 Å². The van der Waals surface area contributed by atoms with E-state index in [-0.39, 0.29) is 18.1 Å². The van der Waals surface area contributed by atoms with Gasteiger partial charge in [-0.25, -0.2) is 0 Å². The van der Waals surface area contributed by atoms with Crippen molar-refractivity contribution in [2.24, 2.45) is 0 Å². The number of amides is 1. The van der Waals surface area contributed by atoms with Crippen LogP contribution >= 0.6 is 23.4 Å². The third-order valence-corrected chi connectivity index (χ3v) is 6.87. The van der Waals surface area contributed by atoms with Crippen molar-refractivity contribution in [2.75, 3.05) is 20.0 Å². The largest absolute Gasteiger partial charge is 0.493 e. The molecule has 154 valence electrons. The van der Waals surface area contributed by atoms with Crippen LogP contribution in [-0.4, -0.2) is 35.9 Å². The van der Waals surface area contributed by atoms with Gasteiger partial charge in [-0.05, 0) is 29.8 Å². The van der Waals surface area contributed by atoms with Crippen molar-refractivity contribution in [3.05, 3.63) is 69.2 Å². The number of benzene rings is 2. The number of halogens is 1. The van der Waals surface area contributed by atoms with Crippen LogP contribution in [0.5, 0.6) is 11.5 Å². The maximum Gasteiger partial charge on any atom is 0.231 e. The van der Waals surface area contributed by atoms with E-state index >= 15 is 0 Å². The standard InChI is InChI=1S/C22H19ClN2O4S/c1-28-18-7-6-14(9-19(18)29-2)22(27)12-30-21-17(11-24)16(10-20(26)25(21)22)13-4-3-5-15(23)8-13/h3-9,16,27H,10,12H2,1-2H3/t16-,22+/m0/s1. The predicted octanol–water partition coefficient (Wildman–Crippen LogP) is 4.00. The summed E-state index contributed by atoms with van der Waals surface area (Å²) in [5.41, 5.74) is 0.173. The first-order valence-electron chi connectivity index (χ1n) is 9.23. The number of aliphatic hydroxyl groups is 1. The molecule has 0 radical (unpaired) electrons. The first-order valence-corrected chi connectivity index (χ1v) is 10.6. The second kappa shape index (κ2) is 7.88. The monoisotopic (exact) mass is 442 g/mol. The van der Waals surface area contributed by atoms with Crippen LogP contribution in [0.3, 0.4) is 0 Å². The number of allylic oxidation sites excluding steroid dienone is 1. The van der Waals surface area contributed by atoms with Gasteiger partial charge in [-0.2, -0.15) is 5.26 Å². The molecule has 1 amide bonds. The topological polar surface area (TPSA) is 82.8 Å². The van der Waals surface area contributed by atoms with Crippen molar-refractivity contribution in [1.29, 1.82) is 5.26 Å². The molecule has 0 aliphatic carbocycles. The summed E-state index contributed by atoms with van der Waals surface area (Å²) in [7, 11) is 3.04. The van der Waals surface area contributed by atoms with Crippen LogP contribution in [-0.2, 0) is 10.5 Å². The Morgan fingerprint density at radius 2 is 2.00 bits per heavy atom. The molecule has 2 aromatic carbocycles. The van der Waals surface area contributed by atoms with E-state index in [0.29, 0.717) is 32.7 Å². The summed E-state index contributed by atoms with van der Waals surface area (Å²) in [4.78, 5) is 14.5. The quantitative estimate of drug-likeness (QED) is 0.770. The lowest BCUT2D eigenvalue weighted by Gasteiger charge is -2.38. The maximum absolute atomic E-state index is 13.2. The van der Waals surface area contributed by atoms with Crippen LogP contribution in [0.15, 0.2) is 53.1 Å². The zero-order valence-electron chi connectivity index (χ0n) is 16.4. The molecule has 2 aromatic rings. The number of nitriles is 1. The minimum Gasteiger partial charge on any atom is -0.493 e. The molecule has 2 aliphatic rings. The summed E-state index contributed by atoms with van der Waals surface area (Å²) in [5, 5.41) is 22.5. The average Bonchev–Trinajstić information content (AvgIpc) is 3.12. The fraction of sp³-hybridized carbons (Fsp3) is 0.273. The zero-order valence-corrected chi connectivity index (χ0v) is 18.0. The lowest BCUT2D eigenvalue weighted by molar-refractivity contribution is -0.149. The molecule has 1 saturated heterocycles. The van der Waals surface area contributed by atoms with Gasteiger partial charge in [0.15, 0.2) is 17.2 Å². The Hall–Kier alpha value is -2.66. The number of ether oxygens (including phenoxy) is 2. The van der Waals surface area contributed by atoms with Crippen molar-refractivity contribution < 1.29 is 19.4 Å². The van der Waals surface area contributed by atoms with E-state index in [1.165, 1.54) is 30.9 Å². The second-order valence-corrected chi connectivity index (χ2v) is 8.45. The molecule has 0 saturated carbocycles. The van der Waals surface area contributed by atoms with Crippen LogP contribution in [0.2, 0.25) is 5.02 Å². The van der Waals surface area contributed by atoms with E-state index in [0.717, 1.165) is 5.56 Å². The molecular formula is C22H19ClN2O4S. The van der Waals surface area contributed by atoms with Crippen molar-refractivity contribution in [3.8, 4) is 17.6 Å². The Labute approximate surface area is 183 Å². The van der Waals surface area contributed by atoms with E-state index in [4.69, 9.17) is 21.1 Å². The second-order valence-electron chi connectivity index (χ2n) is 7.05. The number of fused-ring (bicyclic) bond motifs is 1. The van der Waals surface area contributed by atoms with Gasteiger partial charge in [0.05, 0.1) is 36.6 Å². The minimum absolute atomic E-state index is 0.0723. The smallest absolute Gasteiger partial charge is 0.231 e. The fourth-order valence-electron chi connectivity index (χ4n) is 3.93. The highest BCUT2D eigenvalue weighted by Gasteiger charge is 2.52. The van der Waals surface area contributed by atoms with Crippen LogP contribution in [0.1, 0.15) is 23.5 Å². The number of hydrogen-bond donors (Lipinski definition) is 1. The van der Waals surface area contributed by atoms with Gasteiger partial charge in [0.1, 0.15) is 0 Å². The van der Waals surface area contributed by atoms with Gasteiger partial charge in [-0.15, -0.1) is 11.8 Å². The normalized spacial score (nSPS) is 23.2. The van der Waals surface area contributed by atoms with Gasteiger partial charge < -0.3 is 14.6 Å². The lowest BCUT2D eigenvalue weighted by Crippen LogP contribution is -2.48. The molecule has 0 unspecified atom stereocenters. The van der Waals surface area contributed by atoms with Gasteiger partial charge in [0.2, 0.25) is 5.91 Å². The molecule has 30 heavy (non-hydrogen) atoms. The molecule has 2 heterocycles. The number of hydrogen-bond acceptors (Lipinski definition) is 6. The van der Waals surface area contributed by atoms with E-state index in [2.05, 4.69) is 6.07 Å². The Kier molecular flexibility index (Phi) is 5.41. The summed E-state index contributed by atoms with van der Waals surface area (Å²) < 4.78 is 10.6. The molecule has 4 rings (SSSR count). The van der Waals surface area contributed by atoms with Gasteiger partial charge in [-0.3, -0.25) is 9.69 Å². The van der Waals surface area contributed by atoms with E-state index in [9.17, 15) is 15.2 Å². The van der Waals surface area contributed by atoms with Crippen LogP contribution in [0, 0.1) is 11.3 Å². The highest BCUT2D eigenvalue weighted by molar-refractivity contribution is 8.03. The number of rotatable bonds is 4. The number of thioether (sulfide) groups is 1. The predicted molar refractivity (Wildman–Crippen MR) is 114 cm³/mol. The number of methoxy groups -OCH3 is 2. The van der Waals surface area contributed by atoms with Crippen molar-refractivity contribution in [2.45, 2.75) is 18.1 Å². The third-order valence-electron chi connectivity index (χ3n) is 5.41. The first kappa shape index (κ1) is 20.6. The molecule has 8 heteroatoms. The van der Waals surface area contributed by atoms with Crippen LogP contribution < -0.4 is 9.47 Å². The molecule has 6 nitrogen and oxygen atoms in total. The molecule has 0 bridgehead atoms. The number of nitrogens with zero attached hydrogens (tertiary/aromatic N) is 2. The van der Waals surface area contributed by atoms with Crippen molar-refractivity contribution in [1.82, 2.24) is 4.90 Å². The average molecular weight is 443 g/mol. The van der Waals surface area contributed by atoms with E-state index in [1.807, 2.05) is 6.07 Å². The number of carbonyl (C=O) groups is 1. The van der Waals surface area contributed by atoms with Gasteiger partial charge >= 0.3 is 0 Å². The Balaban J connectivity index is 1.80. The van der Waals surface area contributed by atoms with E-state index in [1.54, 1.807) is 36.4 Å². The molecule has 2 atom stereocenters. The van der Waals surface area contributed by atoms with Crippen molar-refractivity contribution in [3.63, 3.8) is 0 Å². The zero-order chi connectivity index (χ0) is 21.5. The van der Waals surface area contributed by atoms with Gasteiger partial charge in [0.25, 0.3) is 0 Å². The fourth-order valence-corrected chi connectivity index (χ4v) is 5.49. The summed E-state index contributed by atoms with van der Waals surface area (Å²) in [6.07, 6.45) is 0.0723. The van der Waals surface area contributed by atoms with Crippen molar-refractivity contribution >= 4 is 29.3 Å². The maximum atomic E-state index is 13.2. The minimum atomic E-state index is -1.59. The highest BCUT2D eigenvalue weighted by atomic mass is 35.5. The van der Waals surface area contributed by atoms with E-state index < -0.39 is 11.6 Å². The van der Waals surface area contributed by atoms with Gasteiger partial charge in [0, 0.05) is 22.9 Å². The highest BCUT2D eigenvalue weighted by Crippen LogP contribution is 2.52. The summed E-state index contributed by atoms with van der Waals surface area (Å²) in [6, 6.07) is 14.5. The summed E-state index contributed by atoms with van der Waals surface area (Å²) in [6.45, 7) is 0. The van der Waals surface area contributed by atoms with Crippen LogP contribution in [0.25, 0.3) is 0 Å². The van der Waals surface area contributed by atoms with Gasteiger partial charge in [-0.1, -0.05) is 29.8 Å². The summed E-state index contributed by atoms with van der Waals surface area (Å²) >= 11 is 7.42. The molecular weight excluding hydrogens is 424 g/mol. The molecule has 0 spiro atoms. The number of carbonyl (C=O) groups excluding carboxylic acids is 1. The third kappa shape index (κ3) is 3.21. The lowest BCUT2D eigenvalue weighted by atomic mass is 9.85. The molecule has 2 aliphatic heterocycles. The molecule has 1 N–H and O–H groups in total. The SMILES string of the molecule is COc1ccc([C@]2(O)CSC3=C(C#N)[C@H](c4cccc(Cl)c4)CC(=O)N32)cc1OC. The Morgan fingerprint density at radius 1 is 1.23 bits per heavy atom. The first-order chi connectivity index (χ1) is 14.4. The molecule has 1 fully saturated rings. The Morgan fingerprint density at radius 3 is 2.67 bits per heavy atom. The Bertz CT molecular complexity index is 1100.